The van der Waals surface area contributed by atoms with Crippen molar-refractivity contribution in [2.45, 2.75) is 39.3 Å². The van der Waals surface area contributed by atoms with E-state index < -0.39 is 6.04 Å². The third-order valence-electron chi connectivity index (χ3n) is 5.51. The van der Waals surface area contributed by atoms with Crippen molar-refractivity contribution in [2.75, 3.05) is 29.1 Å². The standard InChI is InChI=1S/C23H27ClN4O3/c1-14-9-10-17(24)12-19(14)26-23(31)16(3)27(4)13-22(30)28-15(2)11-21(29)25-18-7-5-6-8-20(18)28/h5-10,12,15-16H,11,13H2,1-4H3,(H,25,29)(H,26,31)/t15-,16+/m1/s1. The van der Waals surface area contributed by atoms with Crippen LogP contribution in [0.25, 0.3) is 0 Å². The Morgan fingerprint density at radius 3 is 2.74 bits per heavy atom. The number of halogens is 1. The molecule has 0 unspecified atom stereocenters. The maximum absolute atomic E-state index is 13.2. The third kappa shape index (κ3) is 5.24. The number of hydrogen-bond acceptors (Lipinski definition) is 4. The molecule has 0 aliphatic carbocycles. The predicted octanol–water partition coefficient (Wildman–Crippen LogP) is 3.67. The summed E-state index contributed by atoms with van der Waals surface area (Å²) in [5.41, 5.74) is 2.81. The lowest BCUT2D eigenvalue weighted by Crippen LogP contribution is -2.48. The van der Waals surface area contributed by atoms with Crippen LogP contribution in [0.4, 0.5) is 17.1 Å². The average molecular weight is 443 g/mol. The summed E-state index contributed by atoms with van der Waals surface area (Å²) in [5, 5.41) is 6.26. The molecule has 2 N–H and O–H groups in total. The van der Waals surface area contributed by atoms with Gasteiger partial charge in [-0.15, -0.1) is 0 Å². The van der Waals surface area contributed by atoms with Gasteiger partial charge in [-0.2, -0.15) is 0 Å². The van der Waals surface area contributed by atoms with E-state index in [1.54, 1.807) is 42.0 Å². The van der Waals surface area contributed by atoms with Crippen LogP contribution in [-0.2, 0) is 14.4 Å². The molecule has 8 heteroatoms. The highest BCUT2D eigenvalue weighted by atomic mass is 35.5. The quantitative estimate of drug-likeness (QED) is 0.740. The van der Waals surface area contributed by atoms with Crippen molar-refractivity contribution in [3.8, 4) is 0 Å². The van der Waals surface area contributed by atoms with E-state index in [1.807, 2.05) is 38.1 Å². The monoisotopic (exact) mass is 442 g/mol. The average Bonchev–Trinajstić information content (AvgIpc) is 2.84. The number of aryl methyl sites for hydroxylation is 1. The Kier molecular flexibility index (Phi) is 6.97. The van der Waals surface area contributed by atoms with Crippen LogP contribution < -0.4 is 15.5 Å². The summed E-state index contributed by atoms with van der Waals surface area (Å²) in [7, 11) is 1.73. The Hall–Kier alpha value is -2.90. The summed E-state index contributed by atoms with van der Waals surface area (Å²) in [6.45, 7) is 5.50. The van der Waals surface area contributed by atoms with Crippen molar-refractivity contribution in [2.24, 2.45) is 0 Å². The Bertz CT molecular complexity index is 1010. The molecule has 0 saturated heterocycles. The molecule has 164 valence electrons. The molecule has 0 fully saturated rings. The van der Waals surface area contributed by atoms with Gasteiger partial charge in [0.1, 0.15) is 0 Å². The van der Waals surface area contributed by atoms with Crippen LogP contribution in [-0.4, -0.2) is 48.3 Å². The molecule has 0 aromatic heterocycles. The van der Waals surface area contributed by atoms with E-state index in [0.717, 1.165) is 5.56 Å². The number of hydrogen-bond donors (Lipinski definition) is 2. The summed E-state index contributed by atoms with van der Waals surface area (Å²) < 4.78 is 0. The second-order valence-electron chi connectivity index (χ2n) is 7.92. The lowest BCUT2D eigenvalue weighted by molar-refractivity contribution is -0.123. The Balaban J connectivity index is 1.72. The lowest BCUT2D eigenvalue weighted by atomic mass is 10.1. The number of rotatable bonds is 5. The van der Waals surface area contributed by atoms with Gasteiger partial charge in [0.25, 0.3) is 0 Å². The minimum Gasteiger partial charge on any atom is -0.324 e. The zero-order valence-electron chi connectivity index (χ0n) is 18.1. The zero-order chi connectivity index (χ0) is 22.7. The summed E-state index contributed by atoms with van der Waals surface area (Å²) in [5.74, 6) is -0.549. The number of carbonyl (C=O) groups is 3. The normalized spacial score (nSPS) is 16.9. The highest BCUT2D eigenvalue weighted by molar-refractivity contribution is 6.31. The number of likely N-dealkylation sites (N-methyl/N-ethyl adjacent to an activating group) is 1. The maximum atomic E-state index is 13.2. The van der Waals surface area contributed by atoms with Crippen molar-refractivity contribution in [1.29, 1.82) is 0 Å². The fourth-order valence-corrected chi connectivity index (χ4v) is 3.73. The molecule has 0 bridgehead atoms. The van der Waals surface area contributed by atoms with Crippen LogP contribution in [0.3, 0.4) is 0 Å². The molecule has 1 aliphatic rings. The molecule has 31 heavy (non-hydrogen) atoms. The van der Waals surface area contributed by atoms with Crippen LogP contribution in [0.15, 0.2) is 42.5 Å². The summed E-state index contributed by atoms with van der Waals surface area (Å²) >= 11 is 6.03. The van der Waals surface area contributed by atoms with Gasteiger partial charge >= 0.3 is 0 Å². The van der Waals surface area contributed by atoms with Crippen LogP contribution in [0, 0.1) is 6.92 Å². The molecule has 1 aliphatic heterocycles. The minimum absolute atomic E-state index is 0.0238. The largest absolute Gasteiger partial charge is 0.324 e. The molecule has 2 atom stereocenters. The van der Waals surface area contributed by atoms with E-state index in [2.05, 4.69) is 10.6 Å². The molecular weight excluding hydrogens is 416 g/mol. The first-order valence-corrected chi connectivity index (χ1v) is 10.5. The number of para-hydroxylation sites is 2. The molecule has 2 aromatic carbocycles. The second kappa shape index (κ2) is 9.49. The summed E-state index contributed by atoms with van der Waals surface area (Å²) in [6, 6.07) is 11.7. The number of amides is 3. The predicted molar refractivity (Wildman–Crippen MR) is 124 cm³/mol. The molecule has 0 radical (unpaired) electrons. The molecule has 0 saturated carbocycles. The van der Waals surface area contributed by atoms with Gasteiger partial charge in [-0.25, -0.2) is 0 Å². The van der Waals surface area contributed by atoms with E-state index in [-0.39, 0.29) is 36.7 Å². The molecule has 1 heterocycles. The van der Waals surface area contributed by atoms with Crippen LogP contribution in [0.2, 0.25) is 5.02 Å². The van der Waals surface area contributed by atoms with Crippen molar-refractivity contribution in [3.05, 3.63) is 53.1 Å². The van der Waals surface area contributed by atoms with Gasteiger partial charge in [-0.3, -0.25) is 19.3 Å². The first-order chi connectivity index (χ1) is 14.7. The topological polar surface area (TPSA) is 81.8 Å². The number of carbonyl (C=O) groups excluding carboxylic acids is 3. The minimum atomic E-state index is -0.556. The molecule has 3 rings (SSSR count). The van der Waals surface area contributed by atoms with Crippen molar-refractivity contribution in [1.82, 2.24) is 4.90 Å². The highest BCUT2D eigenvalue weighted by Gasteiger charge is 2.31. The molecule has 0 spiro atoms. The number of nitrogens with zero attached hydrogens (tertiary/aromatic N) is 2. The van der Waals surface area contributed by atoms with Crippen LogP contribution in [0.5, 0.6) is 0 Å². The van der Waals surface area contributed by atoms with Crippen molar-refractivity contribution < 1.29 is 14.4 Å². The van der Waals surface area contributed by atoms with Gasteiger partial charge in [0.05, 0.1) is 24.0 Å². The Morgan fingerprint density at radius 2 is 2.00 bits per heavy atom. The molecule has 7 nitrogen and oxygen atoms in total. The van der Waals surface area contributed by atoms with Gasteiger partial charge in [-0.1, -0.05) is 29.8 Å². The van der Waals surface area contributed by atoms with Crippen LogP contribution >= 0.6 is 11.6 Å². The second-order valence-corrected chi connectivity index (χ2v) is 8.36. The first kappa shape index (κ1) is 22.8. The smallest absolute Gasteiger partial charge is 0.241 e. The van der Waals surface area contributed by atoms with Gasteiger partial charge in [0.2, 0.25) is 17.7 Å². The van der Waals surface area contributed by atoms with E-state index in [0.29, 0.717) is 22.1 Å². The van der Waals surface area contributed by atoms with E-state index >= 15 is 0 Å². The van der Waals surface area contributed by atoms with Gasteiger partial charge in [0, 0.05) is 23.2 Å². The van der Waals surface area contributed by atoms with Gasteiger partial charge in [-0.05, 0) is 57.6 Å². The van der Waals surface area contributed by atoms with Gasteiger partial charge in [0.15, 0.2) is 0 Å². The first-order valence-electron chi connectivity index (χ1n) is 10.2. The van der Waals surface area contributed by atoms with Crippen molar-refractivity contribution in [3.63, 3.8) is 0 Å². The number of nitrogens with one attached hydrogen (secondary N) is 2. The molecular formula is C23H27ClN4O3. The molecule has 2 aromatic rings. The SMILES string of the molecule is Cc1ccc(Cl)cc1NC(=O)[C@H](C)N(C)CC(=O)N1c2ccccc2NC(=O)C[C@H]1C. The lowest BCUT2D eigenvalue weighted by Gasteiger charge is -2.31. The van der Waals surface area contributed by atoms with Gasteiger partial charge < -0.3 is 15.5 Å². The maximum Gasteiger partial charge on any atom is 0.241 e. The fourth-order valence-electron chi connectivity index (χ4n) is 3.56. The van der Waals surface area contributed by atoms with E-state index in [1.165, 1.54) is 0 Å². The summed E-state index contributed by atoms with van der Waals surface area (Å²) in [4.78, 5) is 41.5. The fraction of sp³-hybridized carbons (Fsp3) is 0.348. The van der Waals surface area contributed by atoms with E-state index in [4.69, 9.17) is 11.6 Å². The summed E-state index contributed by atoms with van der Waals surface area (Å²) in [6.07, 6.45) is 0.203. The molecule has 3 amide bonds. The Labute approximate surface area is 187 Å². The zero-order valence-corrected chi connectivity index (χ0v) is 18.9. The number of fused-ring (bicyclic) bond motifs is 1. The number of benzene rings is 2. The van der Waals surface area contributed by atoms with E-state index in [9.17, 15) is 14.4 Å². The highest BCUT2D eigenvalue weighted by Crippen LogP contribution is 2.31. The van der Waals surface area contributed by atoms with Crippen LogP contribution in [0.1, 0.15) is 25.8 Å². The third-order valence-corrected chi connectivity index (χ3v) is 5.75. The Morgan fingerprint density at radius 1 is 1.29 bits per heavy atom. The number of anilines is 3. The van der Waals surface area contributed by atoms with Crippen molar-refractivity contribution >= 4 is 46.4 Å².